The number of aromatic nitrogens is 1. The summed E-state index contributed by atoms with van der Waals surface area (Å²) in [6, 6.07) is 31.9. The van der Waals surface area contributed by atoms with E-state index in [4.69, 9.17) is 14.2 Å². The molecule has 6 heteroatoms. The van der Waals surface area contributed by atoms with Crippen molar-refractivity contribution in [2.75, 3.05) is 6.79 Å². The van der Waals surface area contributed by atoms with Crippen molar-refractivity contribution in [3.63, 3.8) is 0 Å². The van der Waals surface area contributed by atoms with Crippen LogP contribution >= 0.6 is 0 Å². The molecule has 5 aromatic rings. The minimum absolute atomic E-state index is 0.0274. The van der Waals surface area contributed by atoms with Gasteiger partial charge >= 0.3 is 0 Å². The zero-order valence-corrected chi connectivity index (χ0v) is 21.8. The zero-order chi connectivity index (χ0) is 26.6. The monoisotopic (exact) mass is 518 g/mol. The van der Waals surface area contributed by atoms with Gasteiger partial charge in [0.25, 0.3) is 0 Å². The van der Waals surface area contributed by atoms with Gasteiger partial charge in [-0.3, -0.25) is 4.79 Å². The lowest BCUT2D eigenvalue weighted by atomic mass is 9.88. The molecule has 1 amide bonds. The van der Waals surface area contributed by atoms with Gasteiger partial charge in [0.15, 0.2) is 11.5 Å². The Morgan fingerprint density at radius 1 is 0.897 bits per heavy atom. The van der Waals surface area contributed by atoms with Crippen LogP contribution in [0, 0.1) is 0 Å². The number of ether oxygens (including phenoxy) is 3. The van der Waals surface area contributed by atoms with Gasteiger partial charge in [0.05, 0.1) is 0 Å². The quantitative estimate of drug-likeness (QED) is 0.228. The number of nitrogens with one attached hydrogen (secondary N) is 1. The number of benzene rings is 4. The normalized spacial score (nSPS) is 12.8. The Bertz CT molecular complexity index is 1610. The van der Waals surface area contributed by atoms with Crippen molar-refractivity contribution < 1.29 is 19.0 Å². The minimum atomic E-state index is -0.154. The van der Waals surface area contributed by atoms with Crippen molar-refractivity contribution in [1.29, 1.82) is 0 Å². The molecule has 1 aromatic heterocycles. The summed E-state index contributed by atoms with van der Waals surface area (Å²) in [5, 5.41) is 4.26. The predicted molar refractivity (Wildman–Crippen MR) is 151 cm³/mol. The molecule has 6 rings (SSSR count). The highest BCUT2D eigenvalue weighted by Crippen LogP contribution is 2.37. The summed E-state index contributed by atoms with van der Waals surface area (Å²) in [5.41, 5.74) is 4.28. The smallest absolute Gasteiger partial charge is 0.231 e. The van der Waals surface area contributed by atoms with Gasteiger partial charge in [-0.2, -0.15) is 0 Å². The van der Waals surface area contributed by atoms with Gasteiger partial charge in [-0.1, -0.05) is 54.6 Å². The first-order valence-corrected chi connectivity index (χ1v) is 13.2. The average molecular weight is 519 g/mol. The Morgan fingerprint density at radius 2 is 1.69 bits per heavy atom. The molecule has 0 radical (unpaired) electrons. The van der Waals surface area contributed by atoms with Crippen LogP contribution in [-0.2, 0) is 17.9 Å². The predicted octanol–water partition coefficient (Wildman–Crippen LogP) is 7.02. The van der Waals surface area contributed by atoms with Crippen molar-refractivity contribution in [3.05, 3.63) is 120 Å². The van der Waals surface area contributed by atoms with Gasteiger partial charge in [0.1, 0.15) is 11.5 Å². The highest BCUT2D eigenvalue weighted by Gasteiger charge is 2.23. The number of hydrogen-bond donors (Lipinski definition) is 1. The van der Waals surface area contributed by atoms with Crippen LogP contribution in [-0.4, -0.2) is 17.3 Å². The summed E-state index contributed by atoms with van der Waals surface area (Å²) in [6.45, 7) is 3.62. The highest BCUT2D eigenvalue weighted by atomic mass is 16.7. The summed E-state index contributed by atoms with van der Waals surface area (Å²) in [7, 11) is 0. The molecule has 0 saturated heterocycles. The van der Waals surface area contributed by atoms with E-state index in [1.807, 2.05) is 66.7 Å². The van der Waals surface area contributed by atoms with E-state index in [0.717, 1.165) is 51.4 Å². The van der Waals surface area contributed by atoms with Gasteiger partial charge in [-0.25, -0.2) is 0 Å². The van der Waals surface area contributed by atoms with Crippen LogP contribution in [0.5, 0.6) is 23.0 Å². The largest absolute Gasteiger partial charge is 0.457 e. The van der Waals surface area contributed by atoms with E-state index in [2.05, 4.69) is 53.3 Å². The number of amides is 1. The van der Waals surface area contributed by atoms with Crippen LogP contribution < -0.4 is 19.5 Å². The first kappa shape index (κ1) is 24.6. The van der Waals surface area contributed by atoms with E-state index in [-0.39, 0.29) is 18.6 Å². The second-order valence-electron chi connectivity index (χ2n) is 9.60. The fourth-order valence-corrected chi connectivity index (χ4v) is 5.15. The van der Waals surface area contributed by atoms with Crippen molar-refractivity contribution in [2.45, 2.75) is 32.4 Å². The Morgan fingerprint density at radius 3 is 2.56 bits per heavy atom. The third-order valence-corrected chi connectivity index (χ3v) is 7.09. The molecule has 0 bridgehead atoms. The molecule has 0 spiro atoms. The van der Waals surface area contributed by atoms with Crippen LogP contribution in [0.1, 0.15) is 36.0 Å². The second kappa shape index (κ2) is 11.0. The van der Waals surface area contributed by atoms with Crippen molar-refractivity contribution in [2.24, 2.45) is 0 Å². The number of fused-ring (bicyclic) bond motifs is 2. The Hall–Kier alpha value is -4.71. The molecule has 0 fully saturated rings. The first-order valence-electron chi connectivity index (χ1n) is 13.2. The standard InChI is InChI=1S/C33H30N2O4/c1-2-35-21-29(27-13-6-7-14-30(27)35)28(24-9-8-12-26(18-24)39-25-10-4-3-5-11-25)19-33(36)34-20-23-15-16-31-32(17-23)38-22-37-31/h3-18,21,28H,2,19-20,22H2,1H3,(H,34,36). The molecule has 0 saturated carbocycles. The molecule has 1 atom stereocenters. The molecule has 2 heterocycles. The van der Waals surface area contributed by atoms with E-state index in [9.17, 15) is 4.79 Å². The van der Waals surface area contributed by atoms with E-state index in [1.165, 1.54) is 0 Å². The lowest BCUT2D eigenvalue weighted by Gasteiger charge is -2.18. The number of carbonyl (C=O) groups is 1. The lowest BCUT2D eigenvalue weighted by Crippen LogP contribution is -2.25. The van der Waals surface area contributed by atoms with Gasteiger partial charge in [0, 0.05) is 42.5 Å². The fraction of sp³-hybridized carbons (Fsp3) is 0.182. The lowest BCUT2D eigenvalue weighted by molar-refractivity contribution is -0.121. The van der Waals surface area contributed by atoms with Crippen LogP contribution in [0.15, 0.2) is 103 Å². The van der Waals surface area contributed by atoms with Gasteiger partial charge in [-0.05, 0) is 66.1 Å². The van der Waals surface area contributed by atoms with E-state index in [1.54, 1.807) is 0 Å². The third kappa shape index (κ3) is 5.32. The molecular weight excluding hydrogens is 488 g/mol. The third-order valence-electron chi connectivity index (χ3n) is 7.09. The summed E-state index contributed by atoms with van der Waals surface area (Å²) in [4.78, 5) is 13.4. The highest BCUT2D eigenvalue weighted by molar-refractivity contribution is 5.86. The first-order chi connectivity index (χ1) is 19.2. The molecule has 1 aliphatic rings. The number of rotatable bonds is 9. The molecule has 1 aliphatic heterocycles. The van der Waals surface area contributed by atoms with Gasteiger partial charge in [0.2, 0.25) is 12.7 Å². The van der Waals surface area contributed by atoms with Gasteiger partial charge < -0.3 is 24.1 Å². The van der Waals surface area contributed by atoms with Gasteiger partial charge in [-0.15, -0.1) is 0 Å². The van der Waals surface area contributed by atoms with Crippen LogP contribution in [0.2, 0.25) is 0 Å². The summed E-state index contributed by atoms with van der Waals surface area (Å²) < 4.78 is 19.3. The molecule has 0 aliphatic carbocycles. The average Bonchev–Trinajstić information content (AvgIpc) is 3.60. The number of hydrogen-bond acceptors (Lipinski definition) is 4. The van der Waals surface area contributed by atoms with Crippen LogP contribution in [0.25, 0.3) is 10.9 Å². The number of para-hydroxylation sites is 2. The van der Waals surface area contributed by atoms with Crippen molar-refractivity contribution in [1.82, 2.24) is 9.88 Å². The van der Waals surface area contributed by atoms with Crippen molar-refractivity contribution >= 4 is 16.8 Å². The van der Waals surface area contributed by atoms with E-state index >= 15 is 0 Å². The molecular formula is C33H30N2O4. The van der Waals surface area contributed by atoms with Crippen molar-refractivity contribution in [3.8, 4) is 23.0 Å². The van der Waals surface area contributed by atoms with E-state index < -0.39 is 0 Å². The number of aryl methyl sites for hydroxylation is 1. The molecule has 1 unspecified atom stereocenters. The van der Waals surface area contributed by atoms with Crippen LogP contribution in [0.4, 0.5) is 0 Å². The Labute approximate surface area is 227 Å². The summed E-state index contributed by atoms with van der Waals surface area (Å²) in [6.07, 6.45) is 2.49. The number of nitrogens with zero attached hydrogens (tertiary/aromatic N) is 1. The second-order valence-corrected chi connectivity index (χ2v) is 9.60. The number of carbonyl (C=O) groups excluding carboxylic acids is 1. The molecule has 6 nitrogen and oxygen atoms in total. The molecule has 1 N–H and O–H groups in total. The maximum atomic E-state index is 13.4. The maximum Gasteiger partial charge on any atom is 0.231 e. The Balaban J connectivity index is 1.29. The van der Waals surface area contributed by atoms with Crippen LogP contribution in [0.3, 0.4) is 0 Å². The maximum absolute atomic E-state index is 13.4. The zero-order valence-electron chi connectivity index (χ0n) is 21.8. The Kier molecular flexibility index (Phi) is 6.91. The van der Waals surface area contributed by atoms with E-state index in [0.29, 0.717) is 18.7 Å². The summed E-state index contributed by atoms with van der Waals surface area (Å²) in [5.74, 6) is 2.77. The minimum Gasteiger partial charge on any atom is -0.457 e. The molecule has 39 heavy (non-hydrogen) atoms. The summed E-state index contributed by atoms with van der Waals surface area (Å²) >= 11 is 0. The SMILES string of the molecule is CCn1cc(C(CC(=O)NCc2ccc3c(c2)OCO3)c2cccc(Oc3ccccc3)c2)c2ccccc21. The molecule has 196 valence electrons. The molecule has 4 aromatic carbocycles. The topological polar surface area (TPSA) is 61.7 Å². The fourth-order valence-electron chi connectivity index (χ4n) is 5.15.